The maximum Gasteiger partial charge on any atom is 0.303 e. The van der Waals surface area contributed by atoms with Crippen molar-refractivity contribution in [2.24, 2.45) is 22.1 Å². The number of rotatable bonds is 12. The third-order valence-corrected chi connectivity index (χ3v) is 5.20. The van der Waals surface area contributed by atoms with Gasteiger partial charge in [0.1, 0.15) is 0 Å². The van der Waals surface area contributed by atoms with Gasteiger partial charge in [0.15, 0.2) is 0 Å². The summed E-state index contributed by atoms with van der Waals surface area (Å²) in [4.78, 5) is 10.5. The van der Waals surface area contributed by atoms with Gasteiger partial charge in [-0.2, -0.15) is 10.2 Å². The molecule has 0 saturated heterocycles. The fourth-order valence-electron chi connectivity index (χ4n) is 3.82. The minimum absolute atomic E-state index is 0.260. The Hall–Kier alpha value is -1.45. The minimum Gasteiger partial charge on any atom is -0.481 e. The van der Waals surface area contributed by atoms with E-state index >= 15 is 0 Å². The zero-order chi connectivity index (χ0) is 17.2. The van der Waals surface area contributed by atoms with E-state index in [-0.39, 0.29) is 6.42 Å². The van der Waals surface area contributed by atoms with E-state index in [1.54, 1.807) is 0 Å². The Labute approximate surface area is 146 Å². The monoisotopic (exact) mass is 332 g/mol. The van der Waals surface area contributed by atoms with Crippen LogP contribution in [0.4, 0.5) is 0 Å². The summed E-state index contributed by atoms with van der Waals surface area (Å²) >= 11 is 0. The molecule has 134 valence electrons. The number of azo groups is 1. The fraction of sp³-hybridized carbons (Fsp3) is 0.750. The zero-order valence-corrected chi connectivity index (χ0v) is 14.9. The Kier molecular flexibility index (Phi) is 8.20. The predicted molar refractivity (Wildman–Crippen MR) is 97.2 cm³/mol. The quantitative estimate of drug-likeness (QED) is 0.376. The van der Waals surface area contributed by atoms with Crippen molar-refractivity contribution in [2.75, 3.05) is 0 Å². The molecule has 1 saturated carbocycles. The van der Waals surface area contributed by atoms with E-state index in [4.69, 9.17) is 5.11 Å². The molecule has 2 aliphatic rings. The Balaban J connectivity index is 1.73. The molecule has 4 atom stereocenters. The number of hydrogen-bond donors (Lipinski definition) is 1. The molecular weight excluding hydrogens is 300 g/mol. The molecule has 0 unspecified atom stereocenters. The molecule has 24 heavy (non-hydrogen) atoms. The molecule has 1 fully saturated rings. The highest BCUT2D eigenvalue weighted by Gasteiger charge is 2.45. The molecule has 4 nitrogen and oxygen atoms in total. The molecule has 1 N–H and O–H groups in total. The molecule has 0 aromatic carbocycles. The van der Waals surface area contributed by atoms with Crippen molar-refractivity contribution in [1.29, 1.82) is 0 Å². The van der Waals surface area contributed by atoms with Crippen LogP contribution in [-0.4, -0.2) is 23.2 Å². The van der Waals surface area contributed by atoms with Gasteiger partial charge in [0.05, 0.1) is 12.1 Å². The van der Waals surface area contributed by atoms with Gasteiger partial charge in [0.25, 0.3) is 0 Å². The maximum absolute atomic E-state index is 10.5. The molecule has 1 aliphatic carbocycles. The molecule has 0 amide bonds. The fourth-order valence-corrected chi connectivity index (χ4v) is 3.82. The van der Waals surface area contributed by atoms with Crippen LogP contribution < -0.4 is 0 Å². The van der Waals surface area contributed by atoms with Crippen LogP contribution in [0.5, 0.6) is 0 Å². The maximum atomic E-state index is 10.5. The van der Waals surface area contributed by atoms with Crippen LogP contribution in [0.25, 0.3) is 0 Å². The van der Waals surface area contributed by atoms with Crippen molar-refractivity contribution in [3.05, 3.63) is 24.3 Å². The molecular formula is C20H32N2O2. The number of allylic oxidation sites excluding steroid dienone is 3. The average Bonchev–Trinajstić information content (AvgIpc) is 3.15. The molecule has 2 rings (SSSR count). The molecule has 0 aromatic rings. The first kappa shape index (κ1) is 18.9. The summed E-state index contributed by atoms with van der Waals surface area (Å²) in [5.41, 5.74) is 0. The number of carboxylic acid groups (broad SMARTS) is 1. The van der Waals surface area contributed by atoms with Crippen LogP contribution in [0.15, 0.2) is 34.5 Å². The highest BCUT2D eigenvalue weighted by molar-refractivity contribution is 5.66. The first-order chi connectivity index (χ1) is 11.7. The highest BCUT2D eigenvalue weighted by Crippen LogP contribution is 2.44. The SMILES string of the molecule is CCCCCC/C=C/[C@@H]1[C@@H](C/C=C\CCCC(=O)O)[C@@H]2C[C@H]1N=N2. The minimum atomic E-state index is -0.707. The van der Waals surface area contributed by atoms with E-state index in [2.05, 4.69) is 41.5 Å². The third-order valence-electron chi connectivity index (χ3n) is 5.20. The van der Waals surface area contributed by atoms with Gasteiger partial charge in [-0.15, -0.1) is 0 Å². The largest absolute Gasteiger partial charge is 0.481 e. The Morgan fingerprint density at radius 2 is 1.83 bits per heavy atom. The van der Waals surface area contributed by atoms with Crippen LogP contribution in [-0.2, 0) is 4.79 Å². The Bertz CT molecular complexity index is 470. The van der Waals surface area contributed by atoms with Crippen molar-refractivity contribution >= 4 is 5.97 Å². The number of fused-ring (bicyclic) bond motifs is 2. The van der Waals surface area contributed by atoms with Crippen LogP contribution in [0, 0.1) is 11.8 Å². The van der Waals surface area contributed by atoms with E-state index in [9.17, 15) is 4.79 Å². The number of carboxylic acids is 1. The van der Waals surface area contributed by atoms with E-state index < -0.39 is 5.97 Å². The molecule has 1 aliphatic heterocycles. The smallest absolute Gasteiger partial charge is 0.303 e. The lowest BCUT2D eigenvalue weighted by Crippen LogP contribution is -2.21. The van der Waals surface area contributed by atoms with Gasteiger partial charge >= 0.3 is 5.97 Å². The van der Waals surface area contributed by atoms with Gasteiger partial charge in [0.2, 0.25) is 0 Å². The van der Waals surface area contributed by atoms with E-state index in [0.29, 0.717) is 23.9 Å². The van der Waals surface area contributed by atoms with Gasteiger partial charge in [-0.3, -0.25) is 4.79 Å². The van der Waals surface area contributed by atoms with E-state index in [0.717, 1.165) is 25.7 Å². The summed E-state index contributed by atoms with van der Waals surface area (Å²) in [7, 11) is 0. The molecule has 0 radical (unpaired) electrons. The normalized spacial score (nSPS) is 28.5. The summed E-state index contributed by atoms with van der Waals surface area (Å²) in [6.45, 7) is 2.25. The van der Waals surface area contributed by atoms with Gasteiger partial charge < -0.3 is 5.11 Å². The van der Waals surface area contributed by atoms with Crippen LogP contribution in [0.1, 0.15) is 71.1 Å². The average molecular weight is 332 g/mol. The van der Waals surface area contributed by atoms with Gasteiger partial charge in [0, 0.05) is 12.3 Å². The summed E-state index contributed by atoms with van der Waals surface area (Å²) in [6.07, 6.45) is 19.6. The molecule has 4 heteroatoms. The summed E-state index contributed by atoms with van der Waals surface area (Å²) in [6, 6.07) is 0.792. The van der Waals surface area contributed by atoms with Crippen LogP contribution in [0.3, 0.4) is 0 Å². The number of nitrogens with zero attached hydrogens (tertiary/aromatic N) is 2. The van der Waals surface area contributed by atoms with E-state index in [1.165, 1.54) is 32.1 Å². The van der Waals surface area contributed by atoms with E-state index in [1.807, 2.05) is 0 Å². The van der Waals surface area contributed by atoms with Crippen molar-refractivity contribution in [3.63, 3.8) is 0 Å². The molecule has 0 spiro atoms. The second kappa shape index (κ2) is 10.4. The Morgan fingerprint density at radius 3 is 2.62 bits per heavy atom. The summed E-state index contributed by atoms with van der Waals surface area (Å²) in [5, 5.41) is 17.5. The van der Waals surface area contributed by atoms with Gasteiger partial charge in [-0.25, -0.2) is 0 Å². The molecule has 1 heterocycles. The lowest BCUT2D eigenvalue weighted by atomic mass is 9.87. The lowest BCUT2D eigenvalue weighted by molar-refractivity contribution is -0.137. The second-order valence-electron chi connectivity index (χ2n) is 7.11. The molecule has 2 bridgehead atoms. The third kappa shape index (κ3) is 5.88. The zero-order valence-electron chi connectivity index (χ0n) is 14.9. The Morgan fingerprint density at radius 1 is 1.04 bits per heavy atom. The summed E-state index contributed by atoms with van der Waals surface area (Å²) in [5.74, 6) is 0.415. The summed E-state index contributed by atoms with van der Waals surface area (Å²) < 4.78 is 0. The van der Waals surface area contributed by atoms with Gasteiger partial charge in [-0.05, 0) is 44.4 Å². The number of unbranched alkanes of at least 4 members (excludes halogenated alkanes) is 5. The second-order valence-corrected chi connectivity index (χ2v) is 7.11. The standard InChI is InChI=1S/C20H32N2O2/c1-2-3-4-5-6-9-12-16-17(19-15-18(16)21-22-19)13-10-7-8-11-14-20(23)24/h7,9-10,12,16-19H,2-6,8,11,13-15H2,1H3,(H,23,24)/b10-7-,12-9+/t16-,17-,18-,19+/m1/s1. The highest BCUT2D eigenvalue weighted by atomic mass is 16.4. The van der Waals surface area contributed by atoms with Crippen molar-refractivity contribution in [3.8, 4) is 0 Å². The van der Waals surface area contributed by atoms with Crippen LogP contribution >= 0.6 is 0 Å². The molecule has 0 aromatic heterocycles. The first-order valence-electron chi connectivity index (χ1n) is 9.65. The topological polar surface area (TPSA) is 62.0 Å². The van der Waals surface area contributed by atoms with Crippen molar-refractivity contribution in [1.82, 2.24) is 0 Å². The lowest BCUT2D eigenvalue weighted by Gasteiger charge is -2.22. The predicted octanol–water partition coefficient (Wildman–Crippen LogP) is 5.55. The number of hydrogen-bond acceptors (Lipinski definition) is 3. The number of carbonyl (C=O) groups is 1. The van der Waals surface area contributed by atoms with Crippen LogP contribution in [0.2, 0.25) is 0 Å². The first-order valence-corrected chi connectivity index (χ1v) is 9.65. The van der Waals surface area contributed by atoms with Crippen molar-refractivity contribution < 1.29 is 9.90 Å². The van der Waals surface area contributed by atoms with Crippen molar-refractivity contribution in [2.45, 2.75) is 83.2 Å². The number of aliphatic carboxylic acids is 1. The van der Waals surface area contributed by atoms with Gasteiger partial charge in [-0.1, -0.05) is 50.5 Å².